The highest BCUT2D eigenvalue weighted by Crippen LogP contribution is 2.22. The maximum absolute atomic E-state index is 14.1. The lowest BCUT2D eigenvalue weighted by molar-refractivity contribution is -0.127. The molecule has 1 aromatic rings. The molecule has 2 aliphatic heterocycles. The highest BCUT2D eigenvalue weighted by Gasteiger charge is 2.24. The van der Waals surface area contributed by atoms with Crippen molar-refractivity contribution in [2.45, 2.75) is 18.9 Å². The van der Waals surface area contributed by atoms with Crippen molar-refractivity contribution in [2.75, 3.05) is 64.9 Å². The molecule has 7 nitrogen and oxygen atoms in total. The SMILES string of the molecule is CN(C)C(=O)CN=C(NCC1CCCO1)N1CCN(c2cc(F)ccc2F)CC1.I. The van der Waals surface area contributed by atoms with E-state index in [0.717, 1.165) is 31.6 Å². The lowest BCUT2D eigenvalue weighted by Gasteiger charge is -2.38. The van der Waals surface area contributed by atoms with Crippen LogP contribution in [0.2, 0.25) is 0 Å². The van der Waals surface area contributed by atoms with Gasteiger partial charge in [0.25, 0.3) is 0 Å². The first-order valence-corrected chi connectivity index (χ1v) is 9.99. The third-order valence-electron chi connectivity index (χ3n) is 5.20. The Morgan fingerprint density at radius 1 is 1.27 bits per heavy atom. The summed E-state index contributed by atoms with van der Waals surface area (Å²) in [5.74, 6) is -0.315. The van der Waals surface area contributed by atoms with Crippen molar-refractivity contribution >= 4 is 41.5 Å². The molecular formula is C20H30F2IN5O2. The Hall–Kier alpha value is -1.69. The van der Waals surface area contributed by atoms with Gasteiger partial charge < -0.3 is 24.8 Å². The summed E-state index contributed by atoms with van der Waals surface area (Å²) in [6, 6.07) is 3.50. The van der Waals surface area contributed by atoms with Crippen LogP contribution in [0.25, 0.3) is 0 Å². The fourth-order valence-electron chi connectivity index (χ4n) is 3.45. The van der Waals surface area contributed by atoms with Gasteiger partial charge in [-0.1, -0.05) is 0 Å². The van der Waals surface area contributed by atoms with Gasteiger partial charge in [-0.2, -0.15) is 0 Å². The molecule has 0 spiro atoms. The number of ether oxygens (including phenoxy) is 1. The van der Waals surface area contributed by atoms with Gasteiger partial charge in [-0.05, 0) is 25.0 Å². The number of benzene rings is 1. The molecule has 1 unspecified atom stereocenters. The zero-order chi connectivity index (χ0) is 20.8. The van der Waals surface area contributed by atoms with Crippen LogP contribution in [0, 0.1) is 11.6 Å². The number of aliphatic imine (C=N–C) groups is 1. The molecule has 168 valence electrons. The maximum Gasteiger partial charge on any atom is 0.243 e. The van der Waals surface area contributed by atoms with Crippen molar-refractivity contribution in [3.8, 4) is 0 Å². The van der Waals surface area contributed by atoms with E-state index in [-0.39, 0.29) is 48.2 Å². The highest BCUT2D eigenvalue weighted by atomic mass is 127. The van der Waals surface area contributed by atoms with Crippen molar-refractivity contribution in [3.05, 3.63) is 29.8 Å². The first-order chi connectivity index (χ1) is 13.9. The molecule has 2 fully saturated rings. The van der Waals surface area contributed by atoms with Crippen LogP contribution in [0.15, 0.2) is 23.2 Å². The first-order valence-electron chi connectivity index (χ1n) is 9.99. The summed E-state index contributed by atoms with van der Waals surface area (Å²) in [5, 5.41) is 3.33. The molecule has 0 radical (unpaired) electrons. The molecule has 1 amide bonds. The minimum Gasteiger partial charge on any atom is -0.376 e. The summed E-state index contributed by atoms with van der Waals surface area (Å²) in [4.78, 5) is 21.8. The Bertz CT molecular complexity index is 736. The molecule has 1 aromatic carbocycles. The fourth-order valence-corrected chi connectivity index (χ4v) is 3.45. The number of carbonyl (C=O) groups excluding carboxylic acids is 1. The molecule has 0 aromatic heterocycles. The van der Waals surface area contributed by atoms with E-state index in [4.69, 9.17) is 4.74 Å². The Morgan fingerprint density at radius 3 is 2.63 bits per heavy atom. The van der Waals surface area contributed by atoms with Crippen molar-refractivity contribution in [1.29, 1.82) is 0 Å². The molecule has 2 heterocycles. The lowest BCUT2D eigenvalue weighted by Crippen LogP contribution is -2.53. The van der Waals surface area contributed by atoms with Gasteiger partial charge in [-0.15, -0.1) is 24.0 Å². The monoisotopic (exact) mass is 537 g/mol. The van der Waals surface area contributed by atoms with E-state index >= 15 is 0 Å². The second-order valence-electron chi connectivity index (χ2n) is 7.51. The summed E-state index contributed by atoms with van der Waals surface area (Å²) in [6.45, 7) is 3.70. The van der Waals surface area contributed by atoms with E-state index < -0.39 is 11.6 Å². The number of hydrogen-bond acceptors (Lipinski definition) is 4. The second kappa shape index (κ2) is 11.6. The minimum atomic E-state index is -0.452. The van der Waals surface area contributed by atoms with E-state index in [0.29, 0.717) is 38.7 Å². The fraction of sp³-hybridized carbons (Fsp3) is 0.600. The number of hydrogen-bond donors (Lipinski definition) is 1. The Morgan fingerprint density at radius 2 is 2.00 bits per heavy atom. The van der Waals surface area contributed by atoms with Crippen LogP contribution >= 0.6 is 24.0 Å². The highest BCUT2D eigenvalue weighted by molar-refractivity contribution is 14.0. The van der Waals surface area contributed by atoms with Crippen LogP contribution < -0.4 is 10.2 Å². The second-order valence-corrected chi connectivity index (χ2v) is 7.51. The maximum atomic E-state index is 14.1. The average molecular weight is 537 g/mol. The van der Waals surface area contributed by atoms with Crippen molar-refractivity contribution < 1.29 is 18.3 Å². The molecule has 10 heteroatoms. The van der Waals surface area contributed by atoms with Gasteiger partial charge in [0, 0.05) is 59.5 Å². The molecule has 30 heavy (non-hydrogen) atoms. The Balaban J connectivity index is 0.00000320. The average Bonchev–Trinajstić information content (AvgIpc) is 3.23. The molecule has 1 N–H and O–H groups in total. The molecule has 0 bridgehead atoms. The number of nitrogens with zero attached hydrogens (tertiary/aromatic N) is 4. The number of carbonyl (C=O) groups is 1. The van der Waals surface area contributed by atoms with E-state index in [2.05, 4.69) is 10.3 Å². The third kappa shape index (κ3) is 6.66. The summed E-state index contributed by atoms with van der Waals surface area (Å²) in [6.07, 6.45) is 2.20. The smallest absolute Gasteiger partial charge is 0.243 e. The molecular weight excluding hydrogens is 507 g/mol. The first kappa shape index (κ1) is 24.6. The van der Waals surface area contributed by atoms with E-state index in [9.17, 15) is 13.6 Å². The predicted molar refractivity (Wildman–Crippen MR) is 124 cm³/mol. The third-order valence-corrected chi connectivity index (χ3v) is 5.20. The number of likely N-dealkylation sites (N-methyl/N-ethyl adjacent to an activating group) is 1. The number of amides is 1. The van der Waals surface area contributed by atoms with Gasteiger partial charge in [0.2, 0.25) is 5.91 Å². The van der Waals surface area contributed by atoms with Gasteiger partial charge in [-0.3, -0.25) is 4.79 Å². The molecule has 0 saturated carbocycles. The zero-order valence-corrected chi connectivity index (χ0v) is 19.8. The minimum absolute atomic E-state index is 0. The van der Waals surface area contributed by atoms with Crippen molar-refractivity contribution in [2.24, 2.45) is 4.99 Å². The van der Waals surface area contributed by atoms with E-state index in [1.165, 1.54) is 11.0 Å². The van der Waals surface area contributed by atoms with E-state index in [1.54, 1.807) is 14.1 Å². The van der Waals surface area contributed by atoms with Crippen LogP contribution in [0.1, 0.15) is 12.8 Å². The van der Waals surface area contributed by atoms with E-state index in [1.807, 2.05) is 9.80 Å². The zero-order valence-electron chi connectivity index (χ0n) is 17.4. The normalized spacial score (nSPS) is 19.5. The lowest BCUT2D eigenvalue weighted by atomic mass is 10.2. The standard InChI is InChI=1S/C20H29F2N5O2.HI/c1-25(2)19(28)14-24-20(23-13-16-4-3-11-29-16)27-9-7-26(8-10-27)18-12-15(21)5-6-17(18)22;/h5-6,12,16H,3-4,7-11,13-14H2,1-2H3,(H,23,24);1H. The number of piperazine rings is 1. The summed E-state index contributed by atoms with van der Waals surface area (Å²) in [7, 11) is 3.40. The Labute approximate surface area is 193 Å². The van der Waals surface area contributed by atoms with Crippen molar-refractivity contribution in [3.63, 3.8) is 0 Å². The summed E-state index contributed by atoms with van der Waals surface area (Å²) in [5.41, 5.74) is 0.276. The molecule has 2 aliphatic rings. The van der Waals surface area contributed by atoms with Crippen LogP contribution in [0.5, 0.6) is 0 Å². The molecule has 1 atom stereocenters. The number of nitrogens with one attached hydrogen (secondary N) is 1. The largest absolute Gasteiger partial charge is 0.376 e. The predicted octanol–water partition coefficient (Wildman–Crippen LogP) is 1.92. The van der Waals surface area contributed by atoms with Crippen LogP contribution in [0.4, 0.5) is 14.5 Å². The van der Waals surface area contributed by atoms with Gasteiger partial charge in [0.1, 0.15) is 18.2 Å². The van der Waals surface area contributed by atoms with Gasteiger partial charge in [0.15, 0.2) is 5.96 Å². The topological polar surface area (TPSA) is 60.4 Å². The Kier molecular flexibility index (Phi) is 9.53. The number of rotatable bonds is 5. The summed E-state index contributed by atoms with van der Waals surface area (Å²) < 4.78 is 33.2. The van der Waals surface area contributed by atoms with Gasteiger partial charge >= 0.3 is 0 Å². The number of halogens is 3. The molecule has 3 rings (SSSR count). The molecule has 2 saturated heterocycles. The van der Waals surface area contributed by atoms with Crippen LogP contribution in [-0.4, -0.2) is 87.7 Å². The van der Waals surface area contributed by atoms with Crippen molar-refractivity contribution in [1.82, 2.24) is 15.1 Å². The summed E-state index contributed by atoms with van der Waals surface area (Å²) >= 11 is 0. The quantitative estimate of drug-likeness (QED) is 0.354. The van der Waals surface area contributed by atoms with Crippen LogP contribution in [-0.2, 0) is 9.53 Å². The molecule has 0 aliphatic carbocycles. The van der Waals surface area contributed by atoms with Gasteiger partial charge in [0.05, 0.1) is 11.8 Å². The number of guanidine groups is 1. The van der Waals surface area contributed by atoms with Gasteiger partial charge in [-0.25, -0.2) is 13.8 Å². The number of anilines is 1. The van der Waals surface area contributed by atoms with Crippen LogP contribution in [0.3, 0.4) is 0 Å².